The monoisotopic (exact) mass is 440 g/mol. The minimum Gasteiger partial charge on any atom is -0.508 e. The molecular formula is C22H17ClN2O4S. The molecule has 0 aliphatic carbocycles. The van der Waals surface area contributed by atoms with Gasteiger partial charge in [0.15, 0.2) is 5.13 Å². The van der Waals surface area contributed by atoms with Crippen LogP contribution in [0, 0.1) is 13.8 Å². The first-order valence-electron chi connectivity index (χ1n) is 9.08. The van der Waals surface area contributed by atoms with Crippen molar-refractivity contribution in [2.45, 2.75) is 19.9 Å². The number of carbonyl (C=O) groups is 2. The van der Waals surface area contributed by atoms with Crippen LogP contribution >= 0.6 is 22.9 Å². The van der Waals surface area contributed by atoms with Crippen LogP contribution in [-0.4, -0.2) is 26.9 Å². The van der Waals surface area contributed by atoms with Crippen molar-refractivity contribution in [3.63, 3.8) is 0 Å². The van der Waals surface area contributed by atoms with Crippen LogP contribution in [0.4, 0.5) is 5.13 Å². The fourth-order valence-corrected chi connectivity index (χ4v) is 4.42. The second-order valence-electron chi connectivity index (χ2n) is 6.91. The van der Waals surface area contributed by atoms with E-state index in [0.717, 1.165) is 10.6 Å². The van der Waals surface area contributed by atoms with Gasteiger partial charge in [-0.2, -0.15) is 0 Å². The molecule has 1 amide bonds. The normalized spacial score (nSPS) is 18.2. The van der Waals surface area contributed by atoms with Gasteiger partial charge in [0.05, 0.1) is 17.3 Å². The Morgan fingerprint density at radius 2 is 1.83 bits per heavy atom. The third-order valence-electron chi connectivity index (χ3n) is 4.97. The molecule has 0 saturated carbocycles. The van der Waals surface area contributed by atoms with E-state index in [9.17, 15) is 19.8 Å². The molecule has 2 heterocycles. The maximum atomic E-state index is 13.0. The fraction of sp³-hybridized carbons (Fsp3) is 0.136. The van der Waals surface area contributed by atoms with Gasteiger partial charge in [0.1, 0.15) is 11.5 Å². The van der Waals surface area contributed by atoms with E-state index in [-0.39, 0.29) is 17.1 Å². The Kier molecular flexibility index (Phi) is 5.09. The summed E-state index contributed by atoms with van der Waals surface area (Å²) in [5.41, 5.74) is 1.52. The number of thiazole rings is 1. The smallest absolute Gasteiger partial charge is 0.301 e. The number of aromatic nitrogens is 1. The van der Waals surface area contributed by atoms with Crippen LogP contribution in [0.3, 0.4) is 0 Å². The van der Waals surface area contributed by atoms with Crippen molar-refractivity contribution < 1.29 is 19.8 Å². The average Bonchev–Trinajstić information content (AvgIpc) is 3.18. The molecule has 1 unspecified atom stereocenters. The average molecular weight is 441 g/mol. The fourth-order valence-electron chi connectivity index (χ4n) is 3.36. The highest BCUT2D eigenvalue weighted by Crippen LogP contribution is 2.44. The number of aryl methyl sites for hydroxylation is 2. The number of nitrogens with zero attached hydrogens (tertiary/aromatic N) is 2. The van der Waals surface area contributed by atoms with Crippen LogP contribution in [-0.2, 0) is 9.59 Å². The number of ketones is 1. The lowest BCUT2D eigenvalue weighted by Gasteiger charge is -2.23. The van der Waals surface area contributed by atoms with Crippen molar-refractivity contribution in [2.24, 2.45) is 0 Å². The first-order valence-corrected chi connectivity index (χ1v) is 10.3. The molecule has 8 heteroatoms. The quantitative estimate of drug-likeness (QED) is 0.348. The lowest BCUT2D eigenvalue weighted by Crippen LogP contribution is -2.29. The summed E-state index contributed by atoms with van der Waals surface area (Å²) in [5, 5.41) is 21.8. The third-order valence-corrected chi connectivity index (χ3v) is 6.30. The van der Waals surface area contributed by atoms with Crippen LogP contribution in [0.2, 0.25) is 5.02 Å². The summed E-state index contributed by atoms with van der Waals surface area (Å²) in [6.45, 7) is 3.70. The number of phenolic OH excluding ortho intramolecular Hbond substituents is 1. The summed E-state index contributed by atoms with van der Waals surface area (Å²) < 4.78 is 0. The molecule has 2 aromatic carbocycles. The topological polar surface area (TPSA) is 90.7 Å². The Balaban J connectivity index is 1.96. The molecule has 0 spiro atoms. The van der Waals surface area contributed by atoms with E-state index in [1.54, 1.807) is 36.4 Å². The second kappa shape index (κ2) is 7.59. The van der Waals surface area contributed by atoms with Crippen LogP contribution in [0.5, 0.6) is 5.75 Å². The number of hydrogen-bond donors (Lipinski definition) is 2. The molecule has 6 nitrogen and oxygen atoms in total. The third kappa shape index (κ3) is 3.36. The molecule has 30 heavy (non-hydrogen) atoms. The van der Waals surface area contributed by atoms with Crippen molar-refractivity contribution in [3.05, 3.63) is 80.8 Å². The van der Waals surface area contributed by atoms with E-state index in [1.165, 1.54) is 28.4 Å². The number of phenols is 1. The van der Waals surface area contributed by atoms with Crippen LogP contribution in [0.1, 0.15) is 27.7 Å². The van der Waals surface area contributed by atoms with Gasteiger partial charge in [-0.05, 0) is 55.8 Å². The first kappa shape index (κ1) is 20.1. The zero-order valence-corrected chi connectivity index (χ0v) is 17.7. The number of hydrogen-bond acceptors (Lipinski definition) is 6. The zero-order chi connectivity index (χ0) is 21.6. The number of rotatable bonds is 3. The first-order chi connectivity index (χ1) is 14.3. The highest BCUT2D eigenvalue weighted by Gasteiger charge is 2.48. The van der Waals surface area contributed by atoms with Gasteiger partial charge in [0.2, 0.25) is 0 Å². The van der Waals surface area contributed by atoms with Gasteiger partial charge in [-0.3, -0.25) is 14.5 Å². The van der Waals surface area contributed by atoms with E-state index in [0.29, 0.717) is 21.3 Å². The highest BCUT2D eigenvalue weighted by molar-refractivity contribution is 7.16. The lowest BCUT2D eigenvalue weighted by atomic mass is 9.95. The second-order valence-corrected chi connectivity index (χ2v) is 8.53. The number of aromatic hydroxyl groups is 1. The molecule has 1 aliphatic heterocycles. The van der Waals surface area contributed by atoms with Crippen LogP contribution in [0.25, 0.3) is 5.76 Å². The lowest BCUT2D eigenvalue weighted by molar-refractivity contribution is -0.132. The van der Waals surface area contributed by atoms with E-state index < -0.39 is 17.7 Å². The van der Waals surface area contributed by atoms with Crippen molar-refractivity contribution in [2.75, 3.05) is 4.90 Å². The molecule has 1 saturated heterocycles. The van der Waals surface area contributed by atoms with E-state index >= 15 is 0 Å². The van der Waals surface area contributed by atoms with Crippen LogP contribution < -0.4 is 4.90 Å². The zero-order valence-electron chi connectivity index (χ0n) is 16.1. The molecule has 1 aromatic heterocycles. The molecule has 1 atom stereocenters. The molecule has 152 valence electrons. The maximum Gasteiger partial charge on any atom is 0.301 e. The Labute approximate surface area is 181 Å². The number of aliphatic hydroxyl groups excluding tert-OH is 1. The van der Waals surface area contributed by atoms with Gasteiger partial charge in [0, 0.05) is 15.5 Å². The van der Waals surface area contributed by atoms with Gasteiger partial charge in [-0.25, -0.2) is 4.98 Å². The molecular weight excluding hydrogens is 424 g/mol. The van der Waals surface area contributed by atoms with E-state index in [2.05, 4.69) is 4.98 Å². The predicted octanol–water partition coefficient (Wildman–Crippen LogP) is 4.75. The molecule has 3 aromatic rings. The summed E-state index contributed by atoms with van der Waals surface area (Å²) in [5.74, 6) is -1.93. The van der Waals surface area contributed by atoms with Crippen molar-refractivity contribution in [3.8, 4) is 5.75 Å². The summed E-state index contributed by atoms with van der Waals surface area (Å²) in [4.78, 5) is 32.7. The number of carbonyl (C=O) groups excluding carboxylic acids is 2. The van der Waals surface area contributed by atoms with Crippen molar-refractivity contribution in [1.29, 1.82) is 0 Å². The minimum atomic E-state index is -0.933. The van der Waals surface area contributed by atoms with Gasteiger partial charge in [-0.1, -0.05) is 23.7 Å². The summed E-state index contributed by atoms with van der Waals surface area (Å²) >= 11 is 7.22. The number of anilines is 1. The molecule has 4 rings (SSSR count). The van der Waals surface area contributed by atoms with Crippen LogP contribution in [0.15, 0.2) is 54.1 Å². The molecule has 2 N–H and O–H groups in total. The number of amides is 1. The summed E-state index contributed by atoms with van der Waals surface area (Å²) in [7, 11) is 0. The SMILES string of the molecule is Cc1nc(N2C(=O)C(=O)C(=C(O)c3ccc(Cl)cc3)C2c2cccc(O)c2)sc1C. The van der Waals surface area contributed by atoms with Gasteiger partial charge < -0.3 is 10.2 Å². The van der Waals surface area contributed by atoms with Gasteiger partial charge >= 0.3 is 5.91 Å². The molecule has 1 fully saturated rings. The molecule has 0 bridgehead atoms. The van der Waals surface area contributed by atoms with Gasteiger partial charge in [0.25, 0.3) is 5.78 Å². The summed E-state index contributed by atoms with van der Waals surface area (Å²) in [6.07, 6.45) is 0. The van der Waals surface area contributed by atoms with E-state index in [4.69, 9.17) is 11.6 Å². The minimum absolute atomic E-state index is 0.0175. The number of aliphatic hydroxyl groups is 1. The Bertz CT molecular complexity index is 1180. The maximum absolute atomic E-state index is 13.0. The number of benzene rings is 2. The number of halogens is 1. The standard InChI is InChI=1S/C22H17ClN2O4S/c1-11-12(2)30-22(24-11)25-18(14-4-3-5-16(26)10-14)17(20(28)21(25)29)19(27)13-6-8-15(23)9-7-13/h3-10,18,26-27H,1-2H3. The van der Waals surface area contributed by atoms with E-state index in [1.807, 2.05) is 13.8 Å². The number of Topliss-reactive ketones (excluding diaryl/α,β-unsaturated/α-hetero) is 1. The molecule has 1 aliphatic rings. The van der Waals surface area contributed by atoms with Gasteiger partial charge in [-0.15, -0.1) is 11.3 Å². The predicted molar refractivity (Wildman–Crippen MR) is 116 cm³/mol. The summed E-state index contributed by atoms with van der Waals surface area (Å²) in [6, 6.07) is 11.6. The molecule has 0 radical (unpaired) electrons. The largest absolute Gasteiger partial charge is 0.508 e. The van der Waals surface area contributed by atoms with Crippen molar-refractivity contribution in [1.82, 2.24) is 4.98 Å². The Hall–Kier alpha value is -3.16. The van der Waals surface area contributed by atoms with Crippen molar-refractivity contribution >= 4 is 45.5 Å². The Morgan fingerprint density at radius 1 is 1.13 bits per heavy atom. The highest BCUT2D eigenvalue weighted by atomic mass is 35.5. The Morgan fingerprint density at radius 3 is 2.43 bits per heavy atom.